The molecule has 2 N–H and O–H groups in total. The molecular formula is C11H18N4. The number of hydrogen-bond acceptors (Lipinski definition) is 4. The van der Waals surface area contributed by atoms with Gasteiger partial charge in [-0.2, -0.15) is 0 Å². The van der Waals surface area contributed by atoms with E-state index in [1.54, 1.807) is 0 Å². The van der Waals surface area contributed by atoms with Gasteiger partial charge in [-0.15, -0.1) is 0 Å². The van der Waals surface area contributed by atoms with Gasteiger partial charge < -0.3 is 5.73 Å². The van der Waals surface area contributed by atoms with E-state index in [1.165, 1.54) is 17.7 Å². The predicted octanol–water partition coefficient (Wildman–Crippen LogP) is 0.703. The summed E-state index contributed by atoms with van der Waals surface area (Å²) >= 11 is 0. The first-order valence-corrected chi connectivity index (χ1v) is 5.59. The van der Waals surface area contributed by atoms with Gasteiger partial charge in [-0.05, 0) is 19.5 Å². The van der Waals surface area contributed by atoms with Crippen molar-refractivity contribution in [1.29, 1.82) is 0 Å². The molecule has 0 radical (unpaired) electrons. The van der Waals surface area contributed by atoms with Crippen LogP contribution in [0.4, 0.5) is 0 Å². The number of fused-ring (bicyclic) bond motifs is 1. The van der Waals surface area contributed by atoms with Crippen LogP contribution in [0.25, 0.3) is 0 Å². The smallest absolute Gasteiger partial charge is 0.129 e. The summed E-state index contributed by atoms with van der Waals surface area (Å²) in [7, 11) is 0. The van der Waals surface area contributed by atoms with Crippen LogP contribution < -0.4 is 5.73 Å². The van der Waals surface area contributed by atoms with Crippen molar-refractivity contribution in [3.05, 3.63) is 23.3 Å². The fourth-order valence-corrected chi connectivity index (χ4v) is 1.98. The number of nitrogens with zero attached hydrogens (tertiary/aromatic N) is 3. The van der Waals surface area contributed by atoms with E-state index in [0.29, 0.717) is 6.54 Å². The highest BCUT2D eigenvalue weighted by Crippen LogP contribution is 2.19. The molecular weight excluding hydrogens is 188 g/mol. The summed E-state index contributed by atoms with van der Waals surface area (Å²) in [6, 6.07) is 0. The fraction of sp³-hybridized carbons (Fsp3) is 0.636. The molecule has 15 heavy (non-hydrogen) atoms. The van der Waals surface area contributed by atoms with Gasteiger partial charge in [0.05, 0.1) is 5.69 Å². The lowest BCUT2D eigenvalue weighted by atomic mass is 10.2. The third-order valence-electron chi connectivity index (χ3n) is 2.68. The summed E-state index contributed by atoms with van der Waals surface area (Å²) in [5.74, 6) is 0.884. The van der Waals surface area contributed by atoms with Crippen molar-refractivity contribution >= 4 is 0 Å². The van der Waals surface area contributed by atoms with Crippen molar-refractivity contribution in [2.75, 3.05) is 13.1 Å². The van der Waals surface area contributed by atoms with Gasteiger partial charge in [-0.1, -0.05) is 6.92 Å². The molecule has 0 aliphatic carbocycles. The first-order valence-electron chi connectivity index (χ1n) is 5.59. The summed E-state index contributed by atoms with van der Waals surface area (Å²) in [5, 5.41) is 0. The highest BCUT2D eigenvalue weighted by atomic mass is 15.2. The Kier molecular flexibility index (Phi) is 3.28. The van der Waals surface area contributed by atoms with E-state index in [4.69, 9.17) is 5.73 Å². The van der Waals surface area contributed by atoms with E-state index in [1.807, 2.05) is 6.20 Å². The standard InChI is InChI=1S/C11H18N4/c1-2-5-15-7-9-6-13-11(3-4-12)14-10(9)8-15/h6H,2-5,7-8,12H2,1H3. The van der Waals surface area contributed by atoms with Gasteiger partial charge in [-0.25, -0.2) is 9.97 Å². The first-order chi connectivity index (χ1) is 7.33. The second kappa shape index (κ2) is 4.68. The molecule has 0 bridgehead atoms. The summed E-state index contributed by atoms with van der Waals surface area (Å²) in [5.41, 5.74) is 7.97. The topological polar surface area (TPSA) is 55.0 Å². The molecule has 0 saturated carbocycles. The molecule has 0 aromatic carbocycles. The van der Waals surface area contributed by atoms with Crippen molar-refractivity contribution in [3.8, 4) is 0 Å². The minimum absolute atomic E-state index is 0.622. The monoisotopic (exact) mass is 206 g/mol. The molecule has 1 aliphatic rings. The van der Waals surface area contributed by atoms with E-state index < -0.39 is 0 Å². The predicted molar refractivity (Wildman–Crippen MR) is 59.2 cm³/mol. The Balaban J connectivity index is 2.09. The van der Waals surface area contributed by atoms with Gasteiger partial charge >= 0.3 is 0 Å². The molecule has 82 valence electrons. The normalized spacial score (nSPS) is 15.6. The molecule has 1 aromatic rings. The van der Waals surface area contributed by atoms with Crippen molar-refractivity contribution in [1.82, 2.24) is 14.9 Å². The zero-order valence-corrected chi connectivity index (χ0v) is 9.24. The highest BCUT2D eigenvalue weighted by Gasteiger charge is 2.19. The molecule has 0 unspecified atom stereocenters. The molecule has 0 atom stereocenters. The summed E-state index contributed by atoms with van der Waals surface area (Å²) < 4.78 is 0. The molecule has 0 saturated heterocycles. The van der Waals surface area contributed by atoms with Crippen molar-refractivity contribution in [2.24, 2.45) is 5.73 Å². The number of hydrogen-bond donors (Lipinski definition) is 1. The van der Waals surface area contributed by atoms with E-state index in [9.17, 15) is 0 Å². The first kappa shape index (κ1) is 10.5. The average Bonchev–Trinajstić information content (AvgIpc) is 2.60. The summed E-state index contributed by atoms with van der Waals surface area (Å²) in [6.07, 6.45) is 3.93. The summed E-state index contributed by atoms with van der Waals surface area (Å²) in [6.45, 7) is 5.95. The summed E-state index contributed by atoms with van der Waals surface area (Å²) in [4.78, 5) is 11.3. The minimum Gasteiger partial charge on any atom is -0.330 e. The Labute approximate surface area is 90.5 Å². The van der Waals surface area contributed by atoms with Gasteiger partial charge in [0, 0.05) is 31.3 Å². The third-order valence-corrected chi connectivity index (χ3v) is 2.68. The maximum atomic E-state index is 5.49. The van der Waals surface area contributed by atoms with Crippen LogP contribution in [0.5, 0.6) is 0 Å². The fourth-order valence-electron chi connectivity index (χ4n) is 1.98. The Bertz CT molecular complexity index is 337. The van der Waals surface area contributed by atoms with Crippen LogP contribution in [0, 0.1) is 0 Å². The van der Waals surface area contributed by atoms with Crippen molar-refractivity contribution in [2.45, 2.75) is 32.9 Å². The Morgan fingerprint density at radius 3 is 3.07 bits per heavy atom. The van der Waals surface area contributed by atoms with Crippen LogP contribution in [-0.2, 0) is 19.5 Å². The molecule has 0 amide bonds. The quantitative estimate of drug-likeness (QED) is 0.788. The SMILES string of the molecule is CCCN1Cc2cnc(CCN)nc2C1. The lowest BCUT2D eigenvalue weighted by molar-refractivity contribution is 0.283. The Morgan fingerprint density at radius 1 is 1.47 bits per heavy atom. The molecule has 0 spiro atoms. The largest absolute Gasteiger partial charge is 0.330 e. The van der Waals surface area contributed by atoms with Gasteiger partial charge in [0.15, 0.2) is 0 Å². The third kappa shape index (κ3) is 2.33. The van der Waals surface area contributed by atoms with Crippen molar-refractivity contribution < 1.29 is 0 Å². The van der Waals surface area contributed by atoms with Crippen LogP contribution in [0.1, 0.15) is 30.4 Å². The lowest BCUT2D eigenvalue weighted by Crippen LogP contribution is -2.16. The molecule has 1 aromatic heterocycles. The number of rotatable bonds is 4. The Morgan fingerprint density at radius 2 is 2.33 bits per heavy atom. The molecule has 4 nitrogen and oxygen atoms in total. The lowest BCUT2D eigenvalue weighted by Gasteiger charge is -2.11. The van der Waals surface area contributed by atoms with E-state index in [0.717, 1.165) is 31.9 Å². The number of aromatic nitrogens is 2. The van der Waals surface area contributed by atoms with Gasteiger partial charge in [0.25, 0.3) is 0 Å². The van der Waals surface area contributed by atoms with Gasteiger partial charge in [0.2, 0.25) is 0 Å². The molecule has 0 fully saturated rings. The minimum atomic E-state index is 0.622. The molecule has 4 heteroatoms. The van der Waals surface area contributed by atoms with Crippen LogP contribution in [0.3, 0.4) is 0 Å². The molecule has 2 rings (SSSR count). The maximum absolute atomic E-state index is 5.49. The second-order valence-corrected chi connectivity index (χ2v) is 4.01. The van der Waals surface area contributed by atoms with Crippen LogP contribution >= 0.6 is 0 Å². The Hall–Kier alpha value is -1.00. The van der Waals surface area contributed by atoms with Gasteiger partial charge in [0.1, 0.15) is 5.82 Å². The zero-order valence-electron chi connectivity index (χ0n) is 9.24. The maximum Gasteiger partial charge on any atom is 0.129 e. The van der Waals surface area contributed by atoms with Gasteiger partial charge in [-0.3, -0.25) is 4.90 Å². The highest BCUT2D eigenvalue weighted by molar-refractivity contribution is 5.21. The van der Waals surface area contributed by atoms with Crippen LogP contribution in [-0.4, -0.2) is 28.0 Å². The zero-order chi connectivity index (χ0) is 10.7. The van der Waals surface area contributed by atoms with Crippen molar-refractivity contribution in [3.63, 3.8) is 0 Å². The van der Waals surface area contributed by atoms with E-state index in [2.05, 4.69) is 21.8 Å². The second-order valence-electron chi connectivity index (χ2n) is 4.01. The average molecular weight is 206 g/mol. The molecule has 2 heterocycles. The van der Waals surface area contributed by atoms with Crippen LogP contribution in [0.2, 0.25) is 0 Å². The van der Waals surface area contributed by atoms with Crippen LogP contribution in [0.15, 0.2) is 6.20 Å². The number of nitrogens with two attached hydrogens (primary N) is 1. The molecule has 1 aliphatic heterocycles. The van der Waals surface area contributed by atoms with E-state index in [-0.39, 0.29) is 0 Å². The van der Waals surface area contributed by atoms with E-state index >= 15 is 0 Å².